The molecule has 1 aliphatic carbocycles. The van der Waals surface area contributed by atoms with Crippen molar-refractivity contribution in [2.45, 2.75) is 45.6 Å². The Hall–Kier alpha value is -0.0800. The predicted octanol–water partition coefficient (Wildman–Crippen LogP) is 2.11. The Morgan fingerprint density at radius 3 is 2.64 bits per heavy atom. The second kappa shape index (κ2) is 6.41. The van der Waals surface area contributed by atoms with E-state index in [0.717, 1.165) is 12.0 Å². The Morgan fingerprint density at radius 1 is 1.36 bits per heavy atom. The average Bonchev–Trinajstić information content (AvgIpc) is 2.96. The van der Waals surface area contributed by atoms with Gasteiger partial charge in [-0.15, -0.1) is 0 Å². The molecule has 0 bridgehead atoms. The fraction of sp³-hybridized carbons (Fsp3) is 1.00. The zero-order valence-corrected chi connectivity index (χ0v) is 10.1. The van der Waals surface area contributed by atoms with Gasteiger partial charge in [0.15, 0.2) is 0 Å². The van der Waals surface area contributed by atoms with Crippen LogP contribution in [0.15, 0.2) is 0 Å². The molecular formula is C12H26N2. The molecule has 0 spiro atoms. The summed E-state index contributed by atoms with van der Waals surface area (Å²) in [5.74, 6) is 1.02. The SMILES string of the molecule is CCCNCCC(C)N(C)CC1CC1. The van der Waals surface area contributed by atoms with Crippen molar-refractivity contribution in [3.8, 4) is 0 Å². The molecule has 0 amide bonds. The lowest BCUT2D eigenvalue weighted by atomic mass is 10.2. The molecule has 84 valence electrons. The Bertz CT molecular complexity index is 143. The first-order valence-electron chi connectivity index (χ1n) is 6.15. The molecule has 14 heavy (non-hydrogen) atoms. The normalized spacial score (nSPS) is 18.9. The van der Waals surface area contributed by atoms with Gasteiger partial charge >= 0.3 is 0 Å². The number of hydrogen-bond donors (Lipinski definition) is 1. The second-order valence-corrected chi connectivity index (χ2v) is 4.77. The maximum Gasteiger partial charge on any atom is 0.00760 e. The second-order valence-electron chi connectivity index (χ2n) is 4.77. The molecule has 0 aromatic heterocycles. The van der Waals surface area contributed by atoms with Gasteiger partial charge in [-0.3, -0.25) is 0 Å². The van der Waals surface area contributed by atoms with Crippen LogP contribution in [0.1, 0.15) is 39.5 Å². The van der Waals surface area contributed by atoms with Crippen molar-refractivity contribution < 1.29 is 0 Å². The summed E-state index contributed by atoms with van der Waals surface area (Å²) in [6, 6.07) is 0.736. The Labute approximate surface area is 89.1 Å². The van der Waals surface area contributed by atoms with Crippen molar-refractivity contribution in [3.63, 3.8) is 0 Å². The van der Waals surface area contributed by atoms with E-state index in [1.54, 1.807) is 0 Å². The predicted molar refractivity (Wildman–Crippen MR) is 62.6 cm³/mol. The van der Waals surface area contributed by atoms with Gasteiger partial charge in [-0.05, 0) is 58.7 Å². The molecule has 1 rings (SSSR count). The highest BCUT2D eigenvalue weighted by atomic mass is 15.1. The molecule has 1 atom stereocenters. The van der Waals surface area contributed by atoms with Crippen molar-refractivity contribution in [2.24, 2.45) is 5.92 Å². The van der Waals surface area contributed by atoms with Crippen LogP contribution in [0.3, 0.4) is 0 Å². The van der Waals surface area contributed by atoms with E-state index in [1.165, 1.54) is 45.3 Å². The fourth-order valence-electron chi connectivity index (χ4n) is 1.72. The van der Waals surface area contributed by atoms with E-state index in [-0.39, 0.29) is 0 Å². The van der Waals surface area contributed by atoms with E-state index < -0.39 is 0 Å². The number of rotatable bonds is 8. The summed E-state index contributed by atoms with van der Waals surface area (Å²) in [6.45, 7) is 8.21. The third kappa shape index (κ3) is 4.97. The van der Waals surface area contributed by atoms with Crippen LogP contribution in [0.4, 0.5) is 0 Å². The van der Waals surface area contributed by atoms with Crippen molar-refractivity contribution in [2.75, 3.05) is 26.7 Å². The highest BCUT2D eigenvalue weighted by Crippen LogP contribution is 2.29. The van der Waals surface area contributed by atoms with Gasteiger partial charge in [-0.2, -0.15) is 0 Å². The maximum atomic E-state index is 3.46. The lowest BCUT2D eigenvalue weighted by Crippen LogP contribution is -2.33. The highest BCUT2D eigenvalue weighted by molar-refractivity contribution is 4.78. The summed E-state index contributed by atoms with van der Waals surface area (Å²) in [5.41, 5.74) is 0. The van der Waals surface area contributed by atoms with Crippen LogP contribution < -0.4 is 5.32 Å². The van der Waals surface area contributed by atoms with E-state index in [0.29, 0.717) is 0 Å². The van der Waals surface area contributed by atoms with Gasteiger partial charge in [0.25, 0.3) is 0 Å². The quantitative estimate of drug-likeness (QED) is 0.601. The molecule has 1 N–H and O–H groups in total. The van der Waals surface area contributed by atoms with Crippen molar-refractivity contribution in [3.05, 3.63) is 0 Å². The molecule has 0 aromatic rings. The van der Waals surface area contributed by atoms with E-state index in [9.17, 15) is 0 Å². The molecule has 2 heteroatoms. The van der Waals surface area contributed by atoms with Crippen LogP contribution in [-0.2, 0) is 0 Å². The summed E-state index contributed by atoms with van der Waals surface area (Å²) in [6.07, 6.45) is 5.45. The van der Waals surface area contributed by atoms with Gasteiger partial charge in [0, 0.05) is 12.6 Å². The minimum atomic E-state index is 0.736. The Kier molecular flexibility index (Phi) is 5.49. The molecule has 1 unspecified atom stereocenters. The Balaban J connectivity index is 1.97. The summed E-state index contributed by atoms with van der Waals surface area (Å²) in [4.78, 5) is 2.52. The van der Waals surface area contributed by atoms with Crippen molar-refractivity contribution in [1.82, 2.24) is 10.2 Å². The summed E-state index contributed by atoms with van der Waals surface area (Å²) >= 11 is 0. The first-order valence-corrected chi connectivity index (χ1v) is 6.15. The first kappa shape index (κ1) is 12.0. The maximum absolute atomic E-state index is 3.46. The zero-order chi connectivity index (χ0) is 10.4. The summed E-state index contributed by atoms with van der Waals surface area (Å²) in [7, 11) is 2.27. The average molecular weight is 198 g/mol. The van der Waals surface area contributed by atoms with Crippen molar-refractivity contribution in [1.29, 1.82) is 0 Å². The van der Waals surface area contributed by atoms with Crippen molar-refractivity contribution >= 4 is 0 Å². The number of nitrogens with zero attached hydrogens (tertiary/aromatic N) is 1. The molecule has 0 aliphatic heterocycles. The topological polar surface area (TPSA) is 15.3 Å². The van der Waals surface area contributed by atoms with Crippen LogP contribution >= 0.6 is 0 Å². The molecule has 2 nitrogen and oxygen atoms in total. The van der Waals surface area contributed by atoms with E-state index in [1.807, 2.05) is 0 Å². The molecule has 0 heterocycles. The van der Waals surface area contributed by atoms with Gasteiger partial charge in [-0.1, -0.05) is 6.92 Å². The van der Waals surface area contributed by atoms with Crippen LogP contribution in [-0.4, -0.2) is 37.6 Å². The monoisotopic (exact) mass is 198 g/mol. The first-order chi connectivity index (χ1) is 6.74. The van der Waals surface area contributed by atoms with E-state index in [4.69, 9.17) is 0 Å². The van der Waals surface area contributed by atoms with Gasteiger partial charge in [-0.25, -0.2) is 0 Å². The van der Waals surface area contributed by atoms with Crippen LogP contribution in [0.2, 0.25) is 0 Å². The van der Waals surface area contributed by atoms with Crippen LogP contribution in [0.5, 0.6) is 0 Å². The minimum absolute atomic E-state index is 0.736. The van der Waals surface area contributed by atoms with Gasteiger partial charge in [0.05, 0.1) is 0 Å². The smallest absolute Gasteiger partial charge is 0.00760 e. The number of hydrogen-bond acceptors (Lipinski definition) is 2. The van der Waals surface area contributed by atoms with Gasteiger partial charge in [0.1, 0.15) is 0 Å². The summed E-state index contributed by atoms with van der Waals surface area (Å²) < 4.78 is 0. The Morgan fingerprint density at radius 2 is 2.07 bits per heavy atom. The van der Waals surface area contributed by atoms with Gasteiger partial charge in [0.2, 0.25) is 0 Å². The van der Waals surface area contributed by atoms with E-state index in [2.05, 4.69) is 31.1 Å². The van der Waals surface area contributed by atoms with E-state index >= 15 is 0 Å². The van der Waals surface area contributed by atoms with Crippen LogP contribution in [0.25, 0.3) is 0 Å². The third-order valence-corrected chi connectivity index (χ3v) is 3.16. The lowest BCUT2D eigenvalue weighted by molar-refractivity contribution is 0.235. The molecule has 0 radical (unpaired) electrons. The molecule has 1 saturated carbocycles. The zero-order valence-electron chi connectivity index (χ0n) is 10.1. The standard InChI is InChI=1S/C12H26N2/c1-4-8-13-9-7-11(2)14(3)10-12-5-6-12/h11-13H,4-10H2,1-3H3. The fourth-order valence-corrected chi connectivity index (χ4v) is 1.72. The minimum Gasteiger partial charge on any atom is -0.317 e. The molecule has 1 fully saturated rings. The third-order valence-electron chi connectivity index (χ3n) is 3.16. The molecule has 1 aliphatic rings. The number of nitrogens with one attached hydrogen (secondary N) is 1. The summed E-state index contributed by atoms with van der Waals surface area (Å²) in [5, 5.41) is 3.46. The lowest BCUT2D eigenvalue weighted by Gasteiger charge is -2.24. The van der Waals surface area contributed by atoms with Gasteiger partial charge < -0.3 is 10.2 Å². The molecule has 0 saturated heterocycles. The van der Waals surface area contributed by atoms with Crippen LogP contribution in [0, 0.1) is 5.92 Å². The molecule has 0 aromatic carbocycles. The highest BCUT2D eigenvalue weighted by Gasteiger charge is 2.24. The molecular weight excluding hydrogens is 172 g/mol. The largest absolute Gasteiger partial charge is 0.317 e.